The first kappa shape index (κ1) is 20.9. The third-order valence-corrected chi connectivity index (χ3v) is 6.13. The fraction of sp³-hybridized carbons (Fsp3) is 0.0345. The van der Waals surface area contributed by atoms with E-state index in [1.165, 1.54) is 0 Å². The van der Waals surface area contributed by atoms with Crippen LogP contribution in [0.3, 0.4) is 0 Å². The number of nitrogens with zero attached hydrogens (tertiary/aromatic N) is 1. The van der Waals surface area contributed by atoms with Gasteiger partial charge < -0.3 is 5.21 Å². The molecule has 1 aromatic heterocycles. The lowest BCUT2D eigenvalue weighted by Crippen LogP contribution is -2.36. The van der Waals surface area contributed by atoms with Gasteiger partial charge in [-0.1, -0.05) is 96.5 Å². The second kappa shape index (κ2) is 8.89. The third-order valence-electron chi connectivity index (χ3n) is 5.80. The van der Waals surface area contributed by atoms with Crippen molar-refractivity contribution in [3.8, 4) is 11.1 Å². The number of rotatable bonds is 5. The summed E-state index contributed by atoms with van der Waals surface area (Å²) in [6.45, 7) is 0. The summed E-state index contributed by atoms with van der Waals surface area (Å²) in [5, 5.41) is 14.8. The van der Waals surface area contributed by atoms with Crippen LogP contribution in [-0.2, 0) is 6.42 Å². The van der Waals surface area contributed by atoms with Gasteiger partial charge in [-0.2, -0.15) is 4.73 Å². The lowest BCUT2D eigenvalue weighted by Gasteiger charge is -2.18. The number of carbonyl (C=O) groups excluding carboxylic acids is 1. The Labute approximate surface area is 197 Å². The van der Waals surface area contributed by atoms with Gasteiger partial charge in [-0.3, -0.25) is 4.79 Å². The Bertz CT molecular complexity index is 1460. The monoisotopic (exact) mass is 449 g/mol. The molecule has 0 spiro atoms. The highest BCUT2D eigenvalue weighted by Crippen LogP contribution is 2.35. The molecule has 1 heterocycles. The molecule has 0 aliphatic carbocycles. The quantitative estimate of drug-likeness (QED) is 0.172. The summed E-state index contributed by atoms with van der Waals surface area (Å²) in [4.78, 5) is 14.0. The van der Waals surface area contributed by atoms with Crippen LogP contribution in [0.2, 0.25) is 5.02 Å². The van der Waals surface area contributed by atoms with Gasteiger partial charge in [-0.25, -0.2) is 0 Å². The predicted octanol–water partition coefficient (Wildman–Crippen LogP) is 6.62. The van der Waals surface area contributed by atoms with E-state index < -0.39 is 0 Å². The van der Waals surface area contributed by atoms with Crippen LogP contribution in [0.25, 0.3) is 22.0 Å². The van der Waals surface area contributed by atoms with Crippen molar-refractivity contribution >= 4 is 28.3 Å². The average molecular weight is 450 g/mol. The number of benzene rings is 4. The number of pyridine rings is 1. The Hall–Kier alpha value is -3.95. The van der Waals surface area contributed by atoms with Crippen LogP contribution < -0.4 is 4.73 Å². The average Bonchev–Trinajstić information content (AvgIpc) is 2.86. The van der Waals surface area contributed by atoms with Crippen molar-refractivity contribution in [2.45, 2.75) is 6.42 Å². The van der Waals surface area contributed by atoms with E-state index in [1.54, 1.807) is 30.3 Å². The van der Waals surface area contributed by atoms with Gasteiger partial charge >= 0.3 is 0 Å². The van der Waals surface area contributed by atoms with Crippen LogP contribution in [0, 0.1) is 5.21 Å². The zero-order chi connectivity index (χ0) is 22.8. The number of hydrogen-bond acceptors (Lipinski definition) is 2. The van der Waals surface area contributed by atoms with Crippen LogP contribution in [0.15, 0.2) is 109 Å². The second-order valence-electron chi connectivity index (χ2n) is 7.85. The lowest BCUT2D eigenvalue weighted by molar-refractivity contribution is -0.585. The van der Waals surface area contributed by atoms with Gasteiger partial charge in [0.1, 0.15) is 0 Å². The Morgan fingerprint density at radius 3 is 2.09 bits per heavy atom. The summed E-state index contributed by atoms with van der Waals surface area (Å²) in [6, 6.07) is 33.8. The molecular formula is C29H20ClNO2. The van der Waals surface area contributed by atoms with Gasteiger partial charge in [0.05, 0.1) is 22.4 Å². The molecule has 0 atom stereocenters. The highest BCUT2D eigenvalue weighted by Gasteiger charge is 2.30. The molecule has 0 aliphatic heterocycles. The smallest absolute Gasteiger partial charge is 0.224 e. The Balaban J connectivity index is 1.89. The first-order valence-corrected chi connectivity index (χ1v) is 11.1. The SMILES string of the molecule is O=C(c1ccccc1Cl)c1c(-c2ccccc2)c2ccccc2[n+]([O-])c1Cc1ccccc1. The number of aromatic nitrogens is 1. The molecule has 0 saturated heterocycles. The maximum Gasteiger partial charge on any atom is 0.224 e. The molecule has 160 valence electrons. The normalized spacial score (nSPS) is 10.9. The van der Waals surface area contributed by atoms with Gasteiger partial charge in [-0.05, 0) is 29.3 Å². The number of ketones is 1. The number of carbonyl (C=O) groups is 1. The van der Waals surface area contributed by atoms with Crippen LogP contribution in [0.1, 0.15) is 27.2 Å². The highest BCUT2D eigenvalue weighted by atomic mass is 35.5. The van der Waals surface area contributed by atoms with Crippen molar-refractivity contribution in [2.75, 3.05) is 0 Å². The molecule has 5 rings (SSSR count). The van der Waals surface area contributed by atoms with Crippen LogP contribution in [-0.4, -0.2) is 5.78 Å². The van der Waals surface area contributed by atoms with Crippen LogP contribution in [0.4, 0.5) is 0 Å². The third kappa shape index (κ3) is 3.88. The fourth-order valence-electron chi connectivity index (χ4n) is 4.27. The first-order chi connectivity index (χ1) is 16.1. The highest BCUT2D eigenvalue weighted by molar-refractivity contribution is 6.35. The van der Waals surface area contributed by atoms with Gasteiger partial charge in [0.15, 0.2) is 0 Å². The second-order valence-corrected chi connectivity index (χ2v) is 8.25. The minimum Gasteiger partial charge on any atom is -0.618 e. The number of fused-ring (bicyclic) bond motifs is 1. The van der Waals surface area contributed by atoms with Crippen LogP contribution in [0.5, 0.6) is 0 Å². The molecule has 0 amide bonds. The molecule has 5 aromatic rings. The van der Waals surface area contributed by atoms with E-state index in [0.717, 1.165) is 26.8 Å². The molecule has 0 bridgehead atoms. The van der Waals surface area contributed by atoms with E-state index >= 15 is 0 Å². The summed E-state index contributed by atoms with van der Waals surface area (Å²) in [5.74, 6) is -0.263. The summed E-state index contributed by atoms with van der Waals surface area (Å²) in [5.41, 5.74) is 4.26. The standard InChI is InChI=1S/C29H20ClNO2/c30-24-17-9-7-15-22(24)29(32)28-26(19-20-11-3-1-4-12-20)31(33)25-18-10-8-16-23(25)27(28)21-13-5-2-6-14-21/h1-18H,19H2. The Morgan fingerprint density at radius 1 is 0.758 bits per heavy atom. The lowest BCUT2D eigenvalue weighted by atomic mass is 9.88. The summed E-state index contributed by atoms with van der Waals surface area (Å²) in [6.07, 6.45) is 0.320. The zero-order valence-electron chi connectivity index (χ0n) is 17.7. The van der Waals surface area contributed by atoms with E-state index in [-0.39, 0.29) is 5.78 Å². The largest absolute Gasteiger partial charge is 0.618 e. The molecule has 0 radical (unpaired) electrons. The topological polar surface area (TPSA) is 44.0 Å². The molecule has 0 aliphatic rings. The van der Waals surface area contributed by atoms with E-state index in [0.29, 0.717) is 33.8 Å². The Kier molecular flexibility index (Phi) is 5.64. The number of halogens is 1. The Morgan fingerprint density at radius 2 is 1.36 bits per heavy atom. The van der Waals surface area contributed by atoms with Crippen molar-refractivity contribution in [2.24, 2.45) is 0 Å². The van der Waals surface area contributed by atoms with Crippen molar-refractivity contribution in [3.05, 3.63) is 142 Å². The van der Waals surface area contributed by atoms with Crippen molar-refractivity contribution in [1.29, 1.82) is 0 Å². The molecule has 0 N–H and O–H groups in total. The fourth-order valence-corrected chi connectivity index (χ4v) is 4.49. The number of hydrogen-bond donors (Lipinski definition) is 0. The van der Waals surface area contributed by atoms with E-state index in [1.807, 2.05) is 78.9 Å². The minimum absolute atomic E-state index is 0.263. The molecule has 33 heavy (non-hydrogen) atoms. The van der Waals surface area contributed by atoms with Gasteiger partial charge in [0.25, 0.3) is 0 Å². The summed E-state index contributed by atoms with van der Waals surface area (Å²) >= 11 is 6.43. The molecular weight excluding hydrogens is 430 g/mol. The molecule has 0 unspecified atom stereocenters. The maximum absolute atomic E-state index is 14.0. The molecule has 0 fully saturated rings. The van der Waals surface area contributed by atoms with Crippen LogP contribution >= 0.6 is 11.6 Å². The van der Waals surface area contributed by atoms with Gasteiger partial charge in [-0.15, -0.1) is 0 Å². The molecule has 4 heteroatoms. The zero-order valence-corrected chi connectivity index (χ0v) is 18.5. The molecule has 4 aromatic carbocycles. The maximum atomic E-state index is 14.0. The first-order valence-electron chi connectivity index (χ1n) is 10.7. The minimum atomic E-state index is -0.263. The predicted molar refractivity (Wildman–Crippen MR) is 132 cm³/mol. The summed E-state index contributed by atoms with van der Waals surface area (Å²) in [7, 11) is 0. The summed E-state index contributed by atoms with van der Waals surface area (Å²) < 4.78 is 0.902. The molecule has 3 nitrogen and oxygen atoms in total. The van der Waals surface area contributed by atoms with E-state index in [2.05, 4.69) is 0 Å². The van der Waals surface area contributed by atoms with E-state index in [4.69, 9.17) is 11.6 Å². The van der Waals surface area contributed by atoms with Crippen molar-refractivity contribution in [3.63, 3.8) is 0 Å². The van der Waals surface area contributed by atoms with Crippen molar-refractivity contribution < 1.29 is 9.52 Å². The number of para-hydroxylation sites is 1. The van der Waals surface area contributed by atoms with Crippen molar-refractivity contribution in [1.82, 2.24) is 0 Å². The van der Waals surface area contributed by atoms with E-state index in [9.17, 15) is 10.0 Å². The van der Waals surface area contributed by atoms with Gasteiger partial charge in [0.2, 0.25) is 17.0 Å². The van der Waals surface area contributed by atoms with Gasteiger partial charge in [0, 0.05) is 17.2 Å². The molecule has 0 saturated carbocycles.